The topological polar surface area (TPSA) is 60.5 Å². The lowest BCUT2D eigenvalue weighted by Crippen LogP contribution is -2.20. The van der Waals surface area contributed by atoms with Crippen LogP contribution in [0.1, 0.15) is 12.5 Å². The molecule has 7 heteroatoms. The number of nitrogens with zero attached hydrogens (tertiary/aromatic N) is 1. The van der Waals surface area contributed by atoms with Crippen molar-refractivity contribution in [1.29, 1.82) is 0 Å². The number of aryl methyl sites for hydroxylation is 1. The fraction of sp³-hybridized carbons (Fsp3) is 0.222. The van der Waals surface area contributed by atoms with E-state index in [1.54, 1.807) is 18.2 Å². The number of para-hydroxylation sites is 1. The highest BCUT2D eigenvalue weighted by Crippen LogP contribution is 2.32. The van der Waals surface area contributed by atoms with Gasteiger partial charge in [-0.25, -0.2) is 4.98 Å². The predicted molar refractivity (Wildman–Crippen MR) is 101 cm³/mol. The van der Waals surface area contributed by atoms with Crippen molar-refractivity contribution in [2.75, 3.05) is 18.5 Å². The number of anilines is 1. The molecule has 0 aliphatic carbocycles. The van der Waals surface area contributed by atoms with Crippen LogP contribution < -0.4 is 14.8 Å². The number of hydrogen-bond acceptors (Lipinski definition) is 5. The van der Waals surface area contributed by atoms with Crippen LogP contribution in [-0.2, 0) is 4.79 Å². The van der Waals surface area contributed by atoms with E-state index in [4.69, 9.17) is 21.1 Å². The lowest BCUT2D eigenvalue weighted by atomic mass is 10.2. The lowest BCUT2D eigenvalue weighted by Gasteiger charge is -2.08. The van der Waals surface area contributed by atoms with Gasteiger partial charge in [0.15, 0.2) is 11.7 Å². The minimum Gasteiger partial charge on any atom is -0.492 e. The molecule has 0 atom stereocenters. The van der Waals surface area contributed by atoms with Crippen molar-refractivity contribution in [1.82, 2.24) is 4.98 Å². The SMILES string of the molecule is CCOc1cccc2sc(NC(=O)COc3ccc(Cl)cc3C)nc12. The second kappa shape index (κ2) is 7.72. The summed E-state index contributed by atoms with van der Waals surface area (Å²) in [5.41, 5.74) is 1.63. The van der Waals surface area contributed by atoms with E-state index in [1.165, 1.54) is 11.3 Å². The Hall–Kier alpha value is -2.31. The maximum absolute atomic E-state index is 12.1. The minimum atomic E-state index is -0.272. The molecule has 0 spiro atoms. The Morgan fingerprint density at radius 2 is 2.08 bits per heavy atom. The first-order valence-corrected chi connectivity index (χ1v) is 8.97. The fourth-order valence-corrected chi connectivity index (χ4v) is 3.45. The van der Waals surface area contributed by atoms with E-state index >= 15 is 0 Å². The van der Waals surface area contributed by atoms with Crippen LogP contribution in [0.5, 0.6) is 11.5 Å². The molecule has 1 heterocycles. The Labute approximate surface area is 154 Å². The maximum Gasteiger partial charge on any atom is 0.264 e. The number of nitrogens with one attached hydrogen (secondary N) is 1. The second-order valence-electron chi connectivity index (χ2n) is 5.30. The molecular formula is C18H17ClN2O3S. The molecule has 0 aliphatic rings. The van der Waals surface area contributed by atoms with Crippen LogP contribution in [0.15, 0.2) is 36.4 Å². The van der Waals surface area contributed by atoms with Gasteiger partial charge in [-0.1, -0.05) is 29.0 Å². The van der Waals surface area contributed by atoms with Gasteiger partial charge in [0.05, 0.1) is 11.3 Å². The number of carbonyl (C=O) groups excluding carboxylic acids is 1. The smallest absolute Gasteiger partial charge is 0.264 e. The standard InChI is InChI=1S/C18H17ClN2O3S/c1-3-23-14-5-4-6-15-17(14)21-18(25-15)20-16(22)10-24-13-8-7-12(19)9-11(13)2/h4-9H,3,10H2,1-2H3,(H,20,21,22). The third-order valence-corrected chi connectivity index (χ3v) is 4.60. The van der Waals surface area contributed by atoms with Gasteiger partial charge in [-0.2, -0.15) is 0 Å². The molecule has 0 radical (unpaired) electrons. The number of aromatic nitrogens is 1. The van der Waals surface area contributed by atoms with Crippen molar-refractivity contribution < 1.29 is 14.3 Å². The molecule has 2 aromatic carbocycles. The minimum absolute atomic E-state index is 0.100. The highest BCUT2D eigenvalue weighted by molar-refractivity contribution is 7.22. The zero-order valence-electron chi connectivity index (χ0n) is 13.8. The average molecular weight is 377 g/mol. The summed E-state index contributed by atoms with van der Waals surface area (Å²) in [4.78, 5) is 16.6. The summed E-state index contributed by atoms with van der Waals surface area (Å²) in [6.07, 6.45) is 0. The van der Waals surface area contributed by atoms with E-state index < -0.39 is 0 Å². The van der Waals surface area contributed by atoms with Crippen LogP contribution in [0.4, 0.5) is 5.13 Å². The molecule has 0 bridgehead atoms. The Bertz CT molecular complexity index is 910. The lowest BCUT2D eigenvalue weighted by molar-refractivity contribution is -0.118. The van der Waals surface area contributed by atoms with Gasteiger partial charge in [0.25, 0.3) is 5.91 Å². The monoisotopic (exact) mass is 376 g/mol. The zero-order chi connectivity index (χ0) is 17.8. The molecule has 3 rings (SSSR count). The number of hydrogen-bond donors (Lipinski definition) is 1. The number of amides is 1. The van der Waals surface area contributed by atoms with Crippen molar-refractivity contribution in [3.8, 4) is 11.5 Å². The molecule has 0 unspecified atom stereocenters. The van der Waals surface area contributed by atoms with Crippen molar-refractivity contribution in [3.05, 3.63) is 47.0 Å². The van der Waals surface area contributed by atoms with Crippen molar-refractivity contribution in [3.63, 3.8) is 0 Å². The van der Waals surface area contributed by atoms with Gasteiger partial charge in [-0.15, -0.1) is 0 Å². The second-order valence-corrected chi connectivity index (χ2v) is 6.77. The van der Waals surface area contributed by atoms with Gasteiger partial charge in [0, 0.05) is 5.02 Å². The fourth-order valence-electron chi connectivity index (χ4n) is 2.32. The Balaban J connectivity index is 1.66. The van der Waals surface area contributed by atoms with Gasteiger partial charge in [-0.05, 0) is 49.7 Å². The van der Waals surface area contributed by atoms with E-state index in [0.717, 1.165) is 15.8 Å². The number of carbonyl (C=O) groups is 1. The number of rotatable bonds is 6. The van der Waals surface area contributed by atoms with E-state index in [0.29, 0.717) is 28.3 Å². The van der Waals surface area contributed by atoms with Crippen molar-refractivity contribution in [2.45, 2.75) is 13.8 Å². The predicted octanol–water partition coefficient (Wildman–Crippen LogP) is 4.67. The van der Waals surface area contributed by atoms with Gasteiger partial charge >= 0.3 is 0 Å². The summed E-state index contributed by atoms with van der Waals surface area (Å²) in [5, 5.41) is 3.91. The molecule has 0 aliphatic heterocycles. The summed E-state index contributed by atoms with van der Waals surface area (Å²) in [7, 11) is 0. The van der Waals surface area contributed by atoms with Crippen molar-refractivity contribution >= 4 is 44.2 Å². The number of benzene rings is 2. The number of halogens is 1. The molecule has 0 fully saturated rings. The molecule has 0 saturated carbocycles. The molecule has 1 amide bonds. The van der Waals surface area contributed by atoms with Crippen LogP contribution in [0.2, 0.25) is 5.02 Å². The Morgan fingerprint density at radius 3 is 2.84 bits per heavy atom. The Kier molecular flexibility index (Phi) is 5.40. The molecular weight excluding hydrogens is 360 g/mol. The molecule has 25 heavy (non-hydrogen) atoms. The highest BCUT2D eigenvalue weighted by atomic mass is 35.5. The van der Waals surface area contributed by atoms with Crippen LogP contribution in [0.3, 0.4) is 0 Å². The summed E-state index contributed by atoms with van der Waals surface area (Å²) in [5.74, 6) is 1.07. The third-order valence-electron chi connectivity index (χ3n) is 3.42. The number of thiazole rings is 1. The normalized spacial score (nSPS) is 10.7. The third kappa shape index (κ3) is 4.21. The summed E-state index contributed by atoms with van der Waals surface area (Å²) in [6, 6.07) is 11.0. The van der Waals surface area contributed by atoms with Gasteiger partial charge in [-0.3, -0.25) is 10.1 Å². The summed E-state index contributed by atoms with van der Waals surface area (Å²) >= 11 is 7.31. The molecule has 0 saturated heterocycles. The Morgan fingerprint density at radius 1 is 1.24 bits per heavy atom. The van der Waals surface area contributed by atoms with Crippen molar-refractivity contribution in [2.24, 2.45) is 0 Å². The van der Waals surface area contributed by atoms with E-state index in [-0.39, 0.29) is 12.5 Å². The quantitative estimate of drug-likeness (QED) is 0.678. The van der Waals surface area contributed by atoms with E-state index in [9.17, 15) is 4.79 Å². The highest BCUT2D eigenvalue weighted by Gasteiger charge is 2.12. The van der Waals surface area contributed by atoms with Crippen LogP contribution in [0, 0.1) is 6.92 Å². The zero-order valence-corrected chi connectivity index (χ0v) is 15.4. The van der Waals surface area contributed by atoms with E-state index in [1.807, 2.05) is 32.0 Å². The van der Waals surface area contributed by atoms with E-state index in [2.05, 4.69) is 10.3 Å². The molecule has 3 aromatic rings. The summed E-state index contributed by atoms with van der Waals surface area (Å²) in [6.45, 7) is 4.26. The van der Waals surface area contributed by atoms with Crippen LogP contribution >= 0.6 is 22.9 Å². The first-order chi connectivity index (χ1) is 12.1. The van der Waals surface area contributed by atoms with Crippen LogP contribution in [-0.4, -0.2) is 24.1 Å². The number of ether oxygens (including phenoxy) is 2. The van der Waals surface area contributed by atoms with Crippen LogP contribution in [0.25, 0.3) is 10.2 Å². The van der Waals surface area contributed by atoms with Gasteiger partial charge in [0.2, 0.25) is 0 Å². The van der Waals surface area contributed by atoms with Gasteiger partial charge < -0.3 is 9.47 Å². The largest absolute Gasteiger partial charge is 0.492 e. The molecule has 1 N–H and O–H groups in total. The maximum atomic E-state index is 12.1. The molecule has 1 aromatic heterocycles. The first-order valence-electron chi connectivity index (χ1n) is 7.78. The van der Waals surface area contributed by atoms with Gasteiger partial charge in [0.1, 0.15) is 17.0 Å². The first kappa shape index (κ1) is 17.5. The molecule has 130 valence electrons. The number of fused-ring (bicyclic) bond motifs is 1. The molecule has 5 nitrogen and oxygen atoms in total. The summed E-state index contributed by atoms with van der Waals surface area (Å²) < 4.78 is 12.1. The average Bonchev–Trinajstić information content (AvgIpc) is 2.97.